The molecule has 0 saturated carbocycles. The molecule has 3 atom stereocenters. The van der Waals surface area contributed by atoms with Crippen LogP contribution in [0.15, 0.2) is 36.5 Å². The van der Waals surface area contributed by atoms with Crippen molar-refractivity contribution in [3.63, 3.8) is 0 Å². The van der Waals surface area contributed by atoms with Crippen LogP contribution in [-0.4, -0.2) is 53.1 Å². The maximum absolute atomic E-state index is 12.6. The summed E-state index contributed by atoms with van der Waals surface area (Å²) < 4.78 is 32.4. The van der Waals surface area contributed by atoms with Crippen LogP contribution in [-0.2, 0) is 14.9 Å². The monoisotopic (exact) mass is 698 g/mol. The number of unbranched alkanes of at least 4 members (excludes halogenated alkanes) is 22. The molecule has 0 spiro atoms. The summed E-state index contributed by atoms with van der Waals surface area (Å²) in [6, 6.07) is -1.25. The largest absolute Gasteiger partial charge is 0.387 e. The molecule has 0 saturated heterocycles. The Labute approximate surface area is 296 Å². The van der Waals surface area contributed by atoms with Crippen LogP contribution < -0.4 is 5.32 Å². The van der Waals surface area contributed by atoms with Gasteiger partial charge in [0.05, 0.1) is 17.9 Å². The van der Waals surface area contributed by atoms with Crippen molar-refractivity contribution in [2.24, 2.45) is 0 Å². The third-order valence-electron chi connectivity index (χ3n) is 8.90. The average Bonchev–Trinajstić information content (AvgIpc) is 3.05. The highest BCUT2D eigenvalue weighted by Gasteiger charge is 2.27. The predicted octanol–water partition coefficient (Wildman–Crippen LogP) is 10.3. The van der Waals surface area contributed by atoms with E-state index in [1.54, 1.807) is 6.08 Å². The fraction of sp³-hybridized carbons (Fsp3) is 0.825. The Morgan fingerprint density at radius 2 is 0.938 bits per heavy atom. The highest BCUT2D eigenvalue weighted by Crippen LogP contribution is 2.13. The quantitative estimate of drug-likeness (QED) is 0.0297. The maximum Gasteiger partial charge on any atom is 0.267 e. The molecular formula is C40H75NO6S. The molecule has 7 nitrogen and oxygen atoms in total. The summed E-state index contributed by atoms with van der Waals surface area (Å²) in [5, 5.41) is 23.3. The number of amides is 1. The summed E-state index contributed by atoms with van der Waals surface area (Å²) in [4.78, 5) is 12.6. The van der Waals surface area contributed by atoms with Gasteiger partial charge in [-0.25, -0.2) is 0 Å². The molecule has 3 unspecified atom stereocenters. The molecular weight excluding hydrogens is 623 g/mol. The molecule has 0 aromatic carbocycles. The van der Waals surface area contributed by atoms with Crippen molar-refractivity contribution in [2.45, 2.75) is 205 Å². The normalized spacial score (nSPS) is 14.4. The van der Waals surface area contributed by atoms with Gasteiger partial charge in [-0.05, 0) is 57.8 Å². The summed E-state index contributed by atoms with van der Waals surface area (Å²) in [7, 11) is -4.45. The van der Waals surface area contributed by atoms with Crippen LogP contribution in [0.1, 0.15) is 187 Å². The highest BCUT2D eigenvalue weighted by molar-refractivity contribution is 7.85. The molecule has 0 heterocycles. The number of rotatable bonds is 35. The van der Waals surface area contributed by atoms with Crippen LogP contribution in [0.4, 0.5) is 0 Å². The zero-order chi connectivity index (χ0) is 35.6. The number of carbonyl (C=O) groups excluding carboxylic acids is 1. The molecule has 0 aromatic heterocycles. The lowest BCUT2D eigenvalue weighted by Crippen LogP contribution is -2.50. The zero-order valence-corrected chi connectivity index (χ0v) is 31.8. The minimum atomic E-state index is -4.45. The smallest absolute Gasteiger partial charge is 0.267 e. The van der Waals surface area contributed by atoms with Gasteiger partial charge in [-0.2, -0.15) is 8.42 Å². The average molecular weight is 698 g/mol. The van der Waals surface area contributed by atoms with Gasteiger partial charge in [0.2, 0.25) is 5.91 Å². The van der Waals surface area contributed by atoms with Crippen molar-refractivity contribution in [1.82, 2.24) is 5.32 Å². The molecule has 4 N–H and O–H groups in total. The minimum Gasteiger partial charge on any atom is -0.387 e. The second kappa shape index (κ2) is 34.0. The Bertz CT molecular complexity index is 917. The fourth-order valence-corrected chi connectivity index (χ4v) is 6.55. The zero-order valence-electron chi connectivity index (χ0n) is 31.0. The lowest BCUT2D eigenvalue weighted by Gasteiger charge is -2.22. The summed E-state index contributed by atoms with van der Waals surface area (Å²) >= 11 is 0. The van der Waals surface area contributed by atoms with Crippen LogP contribution in [0.25, 0.3) is 0 Å². The minimum absolute atomic E-state index is 0.267. The van der Waals surface area contributed by atoms with Gasteiger partial charge in [-0.15, -0.1) is 0 Å². The van der Waals surface area contributed by atoms with Crippen LogP contribution in [0.3, 0.4) is 0 Å². The molecule has 48 heavy (non-hydrogen) atoms. The first-order valence-electron chi connectivity index (χ1n) is 19.8. The molecule has 0 bridgehead atoms. The van der Waals surface area contributed by atoms with Crippen molar-refractivity contribution in [2.75, 3.05) is 5.75 Å². The van der Waals surface area contributed by atoms with E-state index in [-0.39, 0.29) is 6.42 Å². The number of carbonyl (C=O) groups is 1. The van der Waals surface area contributed by atoms with Crippen molar-refractivity contribution in [3.05, 3.63) is 36.5 Å². The maximum atomic E-state index is 12.6. The lowest BCUT2D eigenvalue weighted by atomic mass is 10.0. The van der Waals surface area contributed by atoms with E-state index < -0.39 is 40.0 Å². The van der Waals surface area contributed by atoms with E-state index in [2.05, 4.69) is 43.5 Å². The van der Waals surface area contributed by atoms with Gasteiger partial charge in [-0.3, -0.25) is 9.35 Å². The topological polar surface area (TPSA) is 124 Å². The van der Waals surface area contributed by atoms with E-state index >= 15 is 0 Å². The Balaban J connectivity index is 4.09. The number of nitrogens with one attached hydrogen (secondary N) is 1. The number of hydrogen-bond acceptors (Lipinski definition) is 5. The molecule has 1 amide bonds. The Hall–Kier alpha value is -1.48. The fourth-order valence-electron chi connectivity index (χ4n) is 5.82. The molecule has 0 fully saturated rings. The first kappa shape index (κ1) is 46.5. The second-order valence-corrected chi connectivity index (χ2v) is 15.2. The van der Waals surface area contributed by atoms with Gasteiger partial charge in [0.1, 0.15) is 6.10 Å². The number of aliphatic hydroxyl groups excluding tert-OH is 2. The molecule has 0 rings (SSSR count). The van der Waals surface area contributed by atoms with Gasteiger partial charge < -0.3 is 15.5 Å². The molecule has 0 aliphatic rings. The van der Waals surface area contributed by atoms with Crippen molar-refractivity contribution in [3.8, 4) is 0 Å². The van der Waals surface area contributed by atoms with Gasteiger partial charge in [0, 0.05) is 0 Å². The molecule has 0 radical (unpaired) electrons. The first-order valence-corrected chi connectivity index (χ1v) is 21.4. The van der Waals surface area contributed by atoms with E-state index in [1.807, 2.05) is 0 Å². The molecule has 0 aliphatic heterocycles. The predicted molar refractivity (Wildman–Crippen MR) is 204 cm³/mol. The van der Waals surface area contributed by atoms with Gasteiger partial charge in [-0.1, -0.05) is 166 Å². The van der Waals surface area contributed by atoms with Crippen molar-refractivity contribution < 1.29 is 28.0 Å². The first-order chi connectivity index (χ1) is 23.2. The van der Waals surface area contributed by atoms with Crippen molar-refractivity contribution >= 4 is 16.0 Å². The second-order valence-electron chi connectivity index (χ2n) is 13.7. The summed E-state index contributed by atoms with van der Waals surface area (Å²) in [5.74, 6) is -1.56. The lowest BCUT2D eigenvalue weighted by molar-refractivity contribution is -0.130. The van der Waals surface area contributed by atoms with E-state index in [0.717, 1.165) is 38.5 Å². The summed E-state index contributed by atoms with van der Waals surface area (Å²) in [5.41, 5.74) is 0. The molecule has 8 heteroatoms. The number of aliphatic hydroxyl groups is 2. The van der Waals surface area contributed by atoms with E-state index in [0.29, 0.717) is 12.8 Å². The molecule has 282 valence electrons. The number of hydrogen-bond donors (Lipinski definition) is 4. The Kier molecular flexibility index (Phi) is 32.9. The van der Waals surface area contributed by atoms with Crippen LogP contribution in [0, 0.1) is 0 Å². The van der Waals surface area contributed by atoms with Crippen LogP contribution in [0.2, 0.25) is 0 Å². The van der Waals surface area contributed by atoms with Gasteiger partial charge in [0.15, 0.2) is 0 Å². The van der Waals surface area contributed by atoms with Gasteiger partial charge in [0.25, 0.3) is 10.1 Å². The van der Waals surface area contributed by atoms with Crippen molar-refractivity contribution in [1.29, 1.82) is 0 Å². The standard InChI is InChI=1S/C40H75NO6S/c1-3-5-7-9-11-13-15-17-18-19-20-21-23-25-27-29-31-33-35-39(43)40(44)41-37(36-48(45,46)47)38(42)34-32-30-28-26-24-22-16-14-12-10-8-6-4-2/h19-20,24,26,32,34,37-39,42-43H,3-18,21-23,25,27-31,33,35-36H2,1-2H3,(H,41,44)(H,45,46,47)/b20-19-,26-24+,34-32+. The number of allylic oxidation sites excluding steroid dienone is 5. The van der Waals surface area contributed by atoms with Gasteiger partial charge >= 0.3 is 0 Å². The van der Waals surface area contributed by atoms with Crippen LogP contribution in [0.5, 0.6) is 0 Å². The van der Waals surface area contributed by atoms with E-state index in [1.165, 1.54) is 122 Å². The van der Waals surface area contributed by atoms with E-state index in [9.17, 15) is 28.0 Å². The highest BCUT2D eigenvalue weighted by atomic mass is 32.2. The third-order valence-corrected chi connectivity index (χ3v) is 9.68. The Morgan fingerprint density at radius 1 is 0.562 bits per heavy atom. The molecule has 0 aromatic rings. The third kappa shape index (κ3) is 33.0. The Morgan fingerprint density at radius 3 is 1.38 bits per heavy atom. The molecule has 0 aliphatic carbocycles. The summed E-state index contributed by atoms with van der Waals surface area (Å²) in [6.07, 6.45) is 40.6. The SMILES string of the molecule is CCCCCCCCC/C=C/CC/C=C/C(O)C(CS(=O)(=O)O)NC(=O)C(O)CCCCCCCC/C=C\CCCCCCCCCC. The van der Waals surface area contributed by atoms with Crippen LogP contribution >= 0.6 is 0 Å². The summed E-state index contributed by atoms with van der Waals surface area (Å²) in [6.45, 7) is 4.48. The van der Waals surface area contributed by atoms with E-state index in [4.69, 9.17) is 0 Å².